The van der Waals surface area contributed by atoms with Crippen molar-refractivity contribution in [2.45, 2.75) is 12.8 Å². The van der Waals surface area contributed by atoms with Crippen molar-refractivity contribution in [2.24, 2.45) is 0 Å². The average molecular weight is 375 g/mol. The van der Waals surface area contributed by atoms with Crippen molar-refractivity contribution in [1.82, 2.24) is 9.80 Å². The zero-order chi connectivity index (χ0) is 18.5. The Morgan fingerprint density at radius 1 is 0.923 bits per heavy atom. The van der Waals surface area contributed by atoms with Crippen LogP contribution in [0.3, 0.4) is 0 Å². The van der Waals surface area contributed by atoms with E-state index in [0.29, 0.717) is 43.2 Å². The van der Waals surface area contributed by atoms with E-state index >= 15 is 0 Å². The number of nitrogens with zero attached hydrogens (tertiary/aromatic N) is 2. The van der Waals surface area contributed by atoms with Gasteiger partial charge in [0.2, 0.25) is 5.91 Å². The molecule has 136 valence electrons. The van der Waals surface area contributed by atoms with Crippen molar-refractivity contribution in [2.75, 3.05) is 26.2 Å². The molecular formula is C20H20ClFN2O2. The summed E-state index contributed by atoms with van der Waals surface area (Å²) in [6.45, 7) is 2.14. The first kappa shape index (κ1) is 18.4. The van der Waals surface area contributed by atoms with Crippen LogP contribution in [-0.2, 0) is 11.2 Å². The lowest BCUT2D eigenvalue weighted by atomic mass is 10.1. The molecular weight excluding hydrogens is 355 g/mol. The first-order valence-electron chi connectivity index (χ1n) is 8.60. The predicted octanol–water partition coefficient (Wildman–Crippen LogP) is 3.40. The van der Waals surface area contributed by atoms with Gasteiger partial charge in [-0.1, -0.05) is 35.9 Å². The molecule has 26 heavy (non-hydrogen) atoms. The fraction of sp³-hybridized carbons (Fsp3) is 0.300. The van der Waals surface area contributed by atoms with Gasteiger partial charge in [0.25, 0.3) is 5.91 Å². The molecule has 0 N–H and O–H groups in total. The van der Waals surface area contributed by atoms with Gasteiger partial charge in [-0.15, -0.1) is 0 Å². The summed E-state index contributed by atoms with van der Waals surface area (Å²) in [6.07, 6.45) is 0.949. The molecule has 2 amide bonds. The topological polar surface area (TPSA) is 40.6 Å². The van der Waals surface area contributed by atoms with Crippen LogP contribution in [-0.4, -0.2) is 47.8 Å². The summed E-state index contributed by atoms with van der Waals surface area (Å²) in [5, 5.41) is 0.436. The molecule has 0 aliphatic carbocycles. The fourth-order valence-electron chi connectivity index (χ4n) is 3.06. The minimum atomic E-state index is -0.315. The SMILES string of the molecule is O=C(Cc1ccc(F)cc1)N1CCCN(C(=O)c2ccccc2Cl)CC1. The van der Waals surface area contributed by atoms with Gasteiger partial charge in [-0.25, -0.2) is 4.39 Å². The number of amides is 2. The maximum atomic E-state index is 13.0. The number of carbonyl (C=O) groups excluding carboxylic acids is 2. The Bertz CT molecular complexity index is 795. The molecule has 0 aromatic heterocycles. The fourth-order valence-corrected chi connectivity index (χ4v) is 3.28. The summed E-state index contributed by atoms with van der Waals surface area (Å²) in [4.78, 5) is 28.7. The van der Waals surface area contributed by atoms with Crippen LogP contribution in [0, 0.1) is 5.82 Å². The van der Waals surface area contributed by atoms with Crippen LogP contribution in [0.5, 0.6) is 0 Å². The van der Waals surface area contributed by atoms with Crippen LogP contribution in [0.25, 0.3) is 0 Å². The van der Waals surface area contributed by atoms with E-state index < -0.39 is 0 Å². The molecule has 1 aliphatic rings. The van der Waals surface area contributed by atoms with E-state index in [4.69, 9.17) is 11.6 Å². The largest absolute Gasteiger partial charge is 0.341 e. The minimum absolute atomic E-state index is 0.0105. The van der Waals surface area contributed by atoms with Crippen LogP contribution in [0.4, 0.5) is 4.39 Å². The third-order valence-electron chi connectivity index (χ3n) is 4.51. The van der Waals surface area contributed by atoms with E-state index in [1.54, 1.807) is 46.2 Å². The summed E-state index contributed by atoms with van der Waals surface area (Å²) in [7, 11) is 0. The average Bonchev–Trinajstić information content (AvgIpc) is 2.90. The molecule has 0 unspecified atom stereocenters. The van der Waals surface area contributed by atoms with Gasteiger partial charge in [0.15, 0.2) is 0 Å². The van der Waals surface area contributed by atoms with Crippen molar-refractivity contribution >= 4 is 23.4 Å². The molecule has 0 radical (unpaired) electrons. The van der Waals surface area contributed by atoms with Gasteiger partial charge in [-0.3, -0.25) is 9.59 Å². The predicted molar refractivity (Wildman–Crippen MR) is 98.7 cm³/mol. The highest BCUT2D eigenvalue weighted by Crippen LogP contribution is 2.18. The van der Waals surface area contributed by atoms with E-state index in [1.165, 1.54) is 12.1 Å². The quantitative estimate of drug-likeness (QED) is 0.826. The maximum absolute atomic E-state index is 13.0. The van der Waals surface area contributed by atoms with Gasteiger partial charge in [-0.05, 0) is 36.2 Å². The number of rotatable bonds is 3. The van der Waals surface area contributed by atoms with Crippen molar-refractivity contribution in [3.05, 3.63) is 70.5 Å². The van der Waals surface area contributed by atoms with Crippen molar-refractivity contribution in [1.29, 1.82) is 0 Å². The van der Waals surface area contributed by atoms with Crippen molar-refractivity contribution in [3.63, 3.8) is 0 Å². The Morgan fingerprint density at radius 2 is 1.58 bits per heavy atom. The molecule has 1 heterocycles. The lowest BCUT2D eigenvalue weighted by Crippen LogP contribution is -2.38. The summed E-state index contributed by atoms with van der Waals surface area (Å²) < 4.78 is 13.0. The van der Waals surface area contributed by atoms with Gasteiger partial charge in [0, 0.05) is 26.2 Å². The summed E-state index contributed by atoms with van der Waals surface area (Å²) in [6, 6.07) is 13.0. The molecule has 0 bridgehead atoms. The van der Waals surface area contributed by atoms with Crippen LogP contribution in [0.2, 0.25) is 5.02 Å². The molecule has 0 spiro atoms. The molecule has 1 saturated heterocycles. The van der Waals surface area contributed by atoms with Crippen molar-refractivity contribution < 1.29 is 14.0 Å². The molecule has 2 aromatic carbocycles. The zero-order valence-corrected chi connectivity index (χ0v) is 15.1. The lowest BCUT2D eigenvalue weighted by Gasteiger charge is -2.22. The third-order valence-corrected chi connectivity index (χ3v) is 4.84. The second-order valence-electron chi connectivity index (χ2n) is 6.31. The minimum Gasteiger partial charge on any atom is -0.341 e. The second-order valence-corrected chi connectivity index (χ2v) is 6.72. The molecule has 2 aromatic rings. The zero-order valence-electron chi connectivity index (χ0n) is 14.3. The number of carbonyl (C=O) groups is 2. The van der Waals surface area contributed by atoms with Crippen LogP contribution >= 0.6 is 11.6 Å². The summed E-state index contributed by atoms with van der Waals surface area (Å²) in [5.41, 5.74) is 1.27. The number of benzene rings is 2. The molecule has 6 heteroatoms. The normalized spacial score (nSPS) is 14.8. The Kier molecular flexibility index (Phi) is 5.89. The Morgan fingerprint density at radius 3 is 2.31 bits per heavy atom. The van der Waals surface area contributed by atoms with Gasteiger partial charge in [0.1, 0.15) is 5.82 Å². The molecule has 1 aliphatic heterocycles. The number of hydrogen-bond acceptors (Lipinski definition) is 2. The molecule has 4 nitrogen and oxygen atoms in total. The Hall–Kier alpha value is -2.40. The molecule has 1 fully saturated rings. The highest BCUT2D eigenvalue weighted by molar-refractivity contribution is 6.33. The van der Waals surface area contributed by atoms with Gasteiger partial charge in [-0.2, -0.15) is 0 Å². The van der Waals surface area contributed by atoms with Crippen molar-refractivity contribution in [3.8, 4) is 0 Å². The first-order chi connectivity index (χ1) is 12.5. The van der Waals surface area contributed by atoms with E-state index in [-0.39, 0.29) is 24.1 Å². The van der Waals surface area contributed by atoms with Gasteiger partial charge < -0.3 is 9.80 Å². The van der Waals surface area contributed by atoms with Gasteiger partial charge in [0.05, 0.1) is 17.0 Å². The second kappa shape index (κ2) is 8.32. The molecule has 3 rings (SSSR count). The maximum Gasteiger partial charge on any atom is 0.255 e. The van der Waals surface area contributed by atoms with Crippen LogP contribution in [0.1, 0.15) is 22.3 Å². The highest BCUT2D eigenvalue weighted by Gasteiger charge is 2.23. The Labute approximate surface area is 157 Å². The van der Waals surface area contributed by atoms with E-state index in [1.807, 2.05) is 0 Å². The van der Waals surface area contributed by atoms with Crippen LogP contribution < -0.4 is 0 Å². The smallest absolute Gasteiger partial charge is 0.255 e. The van der Waals surface area contributed by atoms with Crippen LogP contribution in [0.15, 0.2) is 48.5 Å². The molecule has 0 saturated carbocycles. The van der Waals surface area contributed by atoms with Gasteiger partial charge >= 0.3 is 0 Å². The molecule has 0 atom stereocenters. The number of halogens is 2. The monoisotopic (exact) mass is 374 g/mol. The number of hydrogen-bond donors (Lipinski definition) is 0. The first-order valence-corrected chi connectivity index (χ1v) is 8.98. The standard InChI is InChI=1S/C20H20ClFN2O2/c21-18-5-2-1-4-17(18)20(26)24-11-3-10-23(12-13-24)19(25)14-15-6-8-16(22)9-7-15/h1-2,4-9H,3,10-14H2. The van der Waals surface area contributed by atoms with E-state index in [9.17, 15) is 14.0 Å². The third kappa shape index (κ3) is 4.41. The van der Waals surface area contributed by atoms with E-state index in [0.717, 1.165) is 5.56 Å². The summed E-state index contributed by atoms with van der Waals surface area (Å²) in [5.74, 6) is -0.434. The Balaban J connectivity index is 1.61. The lowest BCUT2D eigenvalue weighted by molar-refractivity contribution is -0.130. The van der Waals surface area contributed by atoms with E-state index in [2.05, 4.69) is 0 Å². The summed E-state index contributed by atoms with van der Waals surface area (Å²) >= 11 is 6.12. The highest BCUT2D eigenvalue weighted by atomic mass is 35.5.